The van der Waals surface area contributed by atoms with Crippen molar-refractivity contribution in [1.82, 2.24) is 5.32 Å². The summed E-state index contributed by atoms with van der Waals surface area (Å²) in [7, 11) is 3.06. The van der Waals surface area contributed by atoms with Crippen molar-refractivity contribution >= 4 is 57.6 Å². The molecule has 0 aliphatic heterocycles. The lowest BCUT2D eigenvalue weighted by molar-refractivity contribution is -0.116. The van der Waals surface area contributed by atoms with Gasteiger partial charge in [-0.2, -0.15) is 5.26 Å². The van der Waals surface area contributed by atoms with E-state index in [4.69, 9.17) is 9.47 Å². The quantitative estimate of drug-likeness (QED) is 0.0849. The number of hydrogen-bond donors (Lipinski definition) is 3. The zero-order valence-corrected chi connectivity index (χ0v) is 33.6. The van der Waals surface area contributed by atoms with Crippen molar-refractivity contribution in [2.24, 2.45) is 11.3 Å². The molecule has 0 spiro atoms. The zero-order chi connectivity index (χ0) is 39.8. The Balaban J connectivity index is 1.25. The molecule has 1 aliphatic carbocycles. The fraction of sp³-hybridized carbons (Fsp3) is 0.244. The monoisotopic (exact) mass is 784 g/mol. The molecule has 6 rings (SSSR count). The number of amides is 3. The molecule has 3 N–H and O–H groups in total. The minimum atomic E-state index is -0.666. The van der Waals surface area contributed by atoms with Crippen molar-refractivity contribution in [2.45, 2.75) is 50.2 Å². The Kier molecular flexibility index (Phi) is 12.6. The van der Waals surface area contributed by atoms with E-state index in [2.05, 4.69) is 42.8 Å². The molecule has 0 saturated heterocycles. The number of ether oxygens (including phenoxy) is 2. The number of carbonyl (C=O) groups is 3. The third kappa shape index (κ3) is 9.51. The van der Waals surface area contributed by atoms with E-state index in [9.17, 15) is 19.6 Å². The predicted molar refractivity (Wildman–Crippen MR) is 224 cm³/mol. The predicted octanol–water partition coefficient (Wildman–Crippen LogP) is 9.67. The lowest BCUT2D eigenvalue weighted by Crippen LogP contribution is -2.30. The maximum Gasteiger partial charge on any atom is 0.272 e. The number of thioether (sulfide) groups is 1. The highest BCUT2D eigenvalue weighted by atomic mass is 32.2. The average Bonchev–Trinajstić information content (AvgIpc) is 3.56. The summed E-state index contributed by atoms with van der Waals surface area (Å²) in [6, 6.07) is 32.9. The van der Waals surface area contributed by atoms with Crippen LogP contribution in [0.3, 0.4) is 0 Å². The third-order valence-corrected chi connectivity index (χ3v) is 12.2. The van der Waals surface area contributed by atoms with E-state index in [1.54, 1.807) is 72.8 Å². The first kappa shape index (κ1) is 39.9. The summed E-state index contributed by atoms with van der Waals surface area (Å²) in [5.41, 5.74) is 4.02. The summed E-state index contributed by atoms with van der Waals surface area (Å²) in [5.74, 6) is 0.240. The number of nitrogens with one attached hydrogen (secondary N) is 3. The van der Waals surface area contributed by atoms with Gasteiger partial charge in [0.1, 0.15) is 22.0 Å². The van der Waals surface area contributed by atoms with Gasteiger partial charge in [-0.25, -0.2) is 0 Å². The van der Waals surface area contributed by atoms with Crippen LogP contribution in [0.4, 0.5) is 10.7 Å². The van der Waals surface area contributed by atoms with Crippen molar-refractivity contribution in [3.63, 3.8) is 0 Å². The molecule has 0 radical (unpaired) electrons. The zero-order valence-electron chi connectivity index (χ0n) is 32.0. The molecule has 9 nitrogen and oxygen atoms in total. The first-order chi connectivity index (χ1) is 27.0. The fourth-order valence-corrected chi connectivity index (χ4v) is 9.01. The van der Waals surface area contributed by atoms with Gasteiger partial charge in [0.15, 0.2) is 11.5 Å². The van der Waals surface area contributed by atoms with E-state index in [1.807, 2.05) is 36.4 Å². The molecular weight excluding hydrogens is 741 g/mol. The van der Waals surface area contributed by atoms with Crippen LogP contribution in [0.15, 0.2) is 114 Å². The Morgan fingerprint density at radius 3 is 2.29 bits per heavy atom. The Bertz CT molecular complexity index is 2290. The Labute approximate surface area is 336 Å². The number of rotatable bonds is 12. The molecule has 1 heterocycles. The van der Waals surface area contributed by atoms with E-state index in [-0.39, 0.29) is 17.0 Å². The lowest BCUT2D eigenvalue weighted by atomic mass is 9.72. The second kappa shape index (κ2) is 17.8. The Morgan fingerprint density at radius 1 is 0.893 bits per heavy atom. The van der Waals surface area contributed by atoms with Gasteiger partial charge >= 0.3 is 0 Å². The van der Waals surface area contributed by atoms with Gasteiger partial charge in [-0.3, -0.25) is 14.4 Å². The number of fused-ring (bicyclic) bond motifs is 1. The number of carbonyl (C=O) groups excluding carboxylic acids is 3. The van der Waals surface area contributed by atoms with Crippen LogP contribution >= 0.6 is 23.1 Å². The third-order valence-electron chi connectivity index (χ3n) is 9.77. The molecule has 11 heteroatoms. The van der Waals surface area contributed by atoms with Gasteiger partial charge in [-0.15, -0.1) is 23.1 Å². The molecule has 5 aromatic rings. The first-order valence-electron chi connectivity index (χ1n) is 18.3. The maximum atomic E-state index is 14.2. The van der Waals surface area contributed by atoms with Gasteiger partial charge in [-0.05, 0) is 95.8 Å². The van der Waals surface area contributed by atoms with Crippen molar-refractivity contribution in [2.75, 3.05) is 24.9 Å². The Hall–Kier alpha value is -5.83. The molecule has 56 heavy (non-hydrogen) atoms. The van der Waals surface area contributed by atoms with Crippen molar-refractivity contribution in [3.05, 3.63) is 142 Å². The molecule has 2 atom stereocenters. The highest BCUT2D eigenvalue weighted by Gasteiger charge is 2.33. The number of thiophene rings is 1. The summed E-state index contributed by atoms with van der Waals surface area (Å²) in [6.45, 7) is 6.77. The number of methoxy groups -OCH3 is 2. The Morgan fingerprint density at radius 2 is 1.61 bits per heavy atom. The molecule has 286 valence electrons. The molecular formula is C45H44N4O5S2. The van der Waals surface area contributed by atoms with Crippen LogP contribution in [0.1, 0.15) is 69.9 Å². The van der Waals surface area contributed by atoms with E-state index < -0.39 is 17.1 Å². The topological polar surface area (TPSA) is 130 Å². The van der Waals surface area contributed by atoms with Gasteiger partial charge in [0.25, 0.3) is 11.8 Å². The summed E-state index contributed by atoms with van der Waals surface area (Å²) in [4.78, 5) is 43.2. The summed E-state index contributed by atoms with van der Waals surface area (Å²) in [6.07, 6.45) is 4.29. The van der Waals surface area contributed by atoms with E-state index in [1.165, 1.54) is 42.2 Å². The fourth-order valence-electron chi connectivity index (χ4n) is 6.64. The molecule has 1 aliphatic rings. The van der Waals surface area contributed by atoms with Gasteiger partial charge in [0, 0.05) is 21.0 Å². The van der Waals surface area contributed by atoms with Crippen molar-refractivity contribution in [3.8, 4) is 17.6 Å². The van der Waals surface area contributed by atoms with E-state index in [0.29, 0.717) is 44.8 Å². The lowest BCUT2D eigenvalue weighted by Gasteiger charge is -2.33. The minimum absolute atomic E-state index is 0.00596. The minimum Gasteiger partial charge on any atom is -0.493 e. The highest BCUT2D eigenvalue weighted by Crippen LogP contribution is 2.45. The summed E-state index contributed by atoms with van der Waals surface area (Å²) < 4.78 is 10.8. The highest BCUT2D eigenvalue weighted by molar-refractivity contribution is 8.00. The molecule has 2 unspecified atom stereocenters. The average molecular weight is 785 g/mol. The molecule has 1 aromatic heterocycles. The standard InChI is InChI=1S/C45H44N4O5S2/c1-45(2,3)31-20-21-34-35(27-46)44(56-39(34)25-31)49-43(52)40(29-13-8-6-9-14-29)55-33-18-12-17-32(26-33)47-42(51)36(48-41(50)30-15-10-7-11-16-30)23-28-19-22-37(53-4)38(24-28)54-5/h6-19,22-24,26,31,40H,20-21,25H2,1-5H3,(H,47,51)(H,48,50)(H,49,52)/b36-23+. The summed E-state index contributed by atoms with van der Waals surface area (Å²) >= 11 is 2.85. The number of nitrogens with zero attached hydrogens (tertiary/aromatic N) is 1. The molecule has 4 aromatic carbocycles. The second-order valence-electron chi connectivity index (χ2n) is 14.5. The van der Waals surface area contributed by atoms with Gasteiger partial charge in [0.2, 0.25) is 5.91 Å². The molecule has 0 saturated carbocycles. The number of hydrogen-bond acceptors (Lipinski definition) is 8. The maximum absolute atomic E-state index is 14.2. The molecule has 0 bridgehead atoms. The SMILES string of the molecule is COc1ccc(/C=C(/NC(=O)c2ccccc2)C(=O)Nc2cccc(SC(C(=O)Nc3sc4c(c3C#N)CCC(C(C)(C)C)C4)c3ccccc3)c2)cc1OC. The van der Waals surface area contributed by atoms with Crippen LogP contribution in [-0.2, 0) is 22.4 Å². The van der Waals surface area contributed by atoms with Crippen LogP contribution in [-0.4, -0.2) is 31.9 Å². The van der Waals surface area contributed by atoms with Gasteiger partial charge in [0.05, 0.1) is 19.8 Å². The summed E-state index contributed by atoms with van der Waals surface area (Å²) in [5, 5.41) is 18.9. The van der Waals surface area contributed by atoms with Crippen LogP contribution in [0.25, 0.3) is 6.08 Å². The largest absolute Gasteiger partial charge is 0.493 e. The second-order valence-corrected chi connectivity index (χ2v) is 16.8. The smallest absolute Gasteiger partial charge is 0.272 e. The van der Waals surface area contributed by atoms with Gasteiger partial charge in [-0.1, -0.05) is 81.4 Å². The van der Waals surface area contributed by atoms with Gasteiger partial charge < -0.3 is 25.4 Å². The molecule has 3 amide bonds. The normalized spacial score (nSPS) is 14.4. The number of nitriles is 1. The van der Waals surface area contributed by atoms with Crippen LogP contribution in [0.5, 0.6) is 11.5 Å². The molecule has 0 fully saturated rings. The first-order valence-corrected chi connectivity index (χ1v) is 20.0. The van der Waals surface area contributed by atoms with Crippen LogP contribution < -0.4 is 25.4 Å². The van der Waals surface area contributed by atoms with Crippen molar-refractivity contribution < 1.29 is 23.9 Å². The van der Waals surface area contributed by atoms with Crippen molar-refractivity contribution in [1.29, 1.82) is 5.26 Å². The van der Waals surface area contributed by atoms with E-state index >= 15 is 0 Å². The van der Waals surface area contributed by atoms with E-state index in [0.717, 1.165) is 35.3 Å². The van der Waals surface area contributed by atoms with Crippen LogP contribution in [0, 0.1) is 22.7 Å². The number of anilines is 2. The van der Waals surface area contributed by atoms with Crippen LogP contribution in [0.2, 0.25) is 0 Å². The number of benzene rings is 4.